The summed E-state index contributed by atoms with van der Waals surface area (Å²) in [6, 6.07) is 10.4. The monoisotopic (exact) mass is 478 g/mol. The third kappa shape index (κ3) is 3.89. The summed E-state index contributed by atoms with van der Waals surface area (Å²) in [5.41, 5.74) is 1.84. The molecular weight excluding hydrogens is 454 g/mol. The molecule has 2 aromatic carbocycles. The van der Waals surface area contributed by atoms with Gasteiger partial charge in [-0.05, 0) is 30.2 Å². The van der Waals surface area contributed by atoms with E-state index in [1.807, 2.05) is 26.0 Å². The molecule has 1 fully saturated rings. The molecule has 9 heteroatoms. The van der Waals surface area contributed by atoms with E-state index in [0.29, 0.717) is 12.1 Å². The first kappa shape index (κ1) is 22.8. The van der Waals surface area contributed by atoms with Gasteiger partial charge in [-0.3, -0.25) is 9.59 Å². The molecule has 35 heavy (non-hydrogen) atoms. The number of halogens is 2. The fraction of sp³-hybridized carbons (Fsp3) is 0.346. The number of amides is 2. The Morgan fingerprint density at radius 2 is 2.11 bits per heavy atom. The summed E-state index contributed by atoms with van der Waals surface area (Å²) in [5, 5.41) is 15.8. The number of nitrogens with one attached hydrogen (secondary N) is 2. The predicted molar refractivity (Wildman–Crippen MR) is 124 cm³/mol. The normalized spacial score (nSPS) is 21.1. The molecule has 3 atom stereocenters. The molecule has 180 valence electrons. The van der Waals surface area contributed by atoms with E-state index in [1.165, 1.54) is 6.07 Å². The first-order valence-electron chi connectivity index (χ1n) is 11.4. The van der Waals surface area contributed by atoms with Crippen molar-refractivity contribution in [3.63, 3.8) is 0 Å². The van der Waals surface area contributed by atoms with Crippen molar-refractivity contribution in [2.75, 3.05) is 18.4 Å². The molecule has 3 aromatic rings. The third-order valence-electron chi connectivity index (χ3n) is 7.18. The van der Waals surface area contributed by atoms with Gasteiger partial charge in [0, 0.05) is 54.4 Å². The van der Waals surface area contributed by atoms with Crippen LogP contribution >= 0.6 is 0 Å². The van der Waals surface area contributed by atoms with Crippen LogP contribution in [0.2, 0.25) is 0 Å². The van der Waals surface area contributed by atoms with Crippen molar-refractivity contribution in [2.24, 2.45) is 11.3 Å². The van der Waals surface area contributed by atoms with Crippen LogP contribution in [0.25, 0.3) is 11.0 Å². The van der Waals surface area contributed by atoms with Crippen molar-refractivity contribution in [3.8, 4) is 6.07 Å². The van der Waals surface area contributed by atoms with Gasteiger partial charge in [0.05, 0.1) is 23.1 Å². The summed E-state index contributed by atoms with van der Waals surface area (Å²) < 4.78 is 32.9. The average Bonchev–Trinajstić information content (AvgIpc) is 3.46. The van der Waals surface area contributed by atoms with Gasteiger partial charge in [0.1, 0.15) is 17.2 Å². The van der Waals surface area contributed by atoms with E-state index >= 15 is 0 Å². The third-order valence-corrected chi connectivity index (χ3v) is 7.18. The summed E-state index contributed by atoms with van der Waals surface area (Å²) in [4.78, 5) is 26.4. The number of fused-ring (bicyclic) bond motifs is 4. The van der Waals surface area contributed by atoms with E-state index in [4.69, 9.17) is 4.42 Å². The highest BCUT2D eigenvalue weighted by Crippen LogP contribution is 2.49. The lowest BCUT2D eigenvalue weighted by atomic mass is 9.70. The minimum absolute atomic E-state index is 0.0306. The zero-order valence-electron chi connectivity index (χ0n) is 19.3. The summed E-state index contributed by atoms with van der Waals surface area (Å²) in [6.07, 6.45) is 1.64. The van der Waals surface area contributed by atoms with Gasteiger partial charge >= 0.3 is 0 Å². The minimum Gasteiger partial charge on any atom is -0.451 e. The molecule has 2 aliphatic heterocycles. The number of carbonyl (C=O) groups excluding carboxylic acids is 2. The second kappa shape index (κ2) is 8.38. The van der Waals surface area contributed by atoms with Crippen molar-refractivity contribution in [3.05, 3.63) is 64.9 Å². The molecule has 5 rings (SSSR count). The Morgan fingerprint density at radius 1 is 1.31 bits per heavy atom. The number of furan rings is 1. The molecular formula is C26H24F2N4O3. The molecule has 0 spiro atoms. The van der Waals surface area contributed by atoms with Crippen molar-refractivity contribution in [2.45, 2.75) is 32.4 Å². The van der Waals surface area contributed by atoms with Crippen molar-refractivity contribution < 1.29 is 22.8 Å². The lowest BCUT2D eigenvalue weighted by Gasteiger charge is -2.46. The first-order valence-corrected chi connectivity index (χ1v) is 11.4. The van der Waals surface area contributed by atoms with Crippen LogP contribution < -0.4 is 10.6 Å². The zero-order valence-corrected chi connectivity index (χ0v) is 19.3. The first-order chi connectivity index (χ1) is 16.7. The smallest absolute Gasteiger partial charge is 0.287 e. The van der Waals surface area contributed by atoms with Gasteiger partial charge in [0.25, 0.3) is 5.91 Å². The molecule has 2 aliphatic rings. The molecule has 1 saturated heterocycles. The minimum atomic E-state index is -0.792. The van der Waals surface area contributed by atoms with Crippen LogP contribution in [0, 0.1) is 34.3 Å². The van der Waals surface area contributed by atoms with Crippen LogP contribution in [0.4, 0.5) is 14.5 Å². The Labute approximate surface area is 200 Å². The summed E-state index contributed by atoms with van der Waals surface area (Å²) in [5.74, 6) is -2.12. The number of carbonyl (C=O) groups is 2. The Bertz CT molecular complexity index is 1380. The van der Waals surface area contributed by atoms with Gasteiger partial charge in [-0.1, -0.05) is 13.8 Å². The fourth-order valence-electron chi connectivity index (χ4n) is 5.46. The standard InChI is InChI=1S/C26H24F2N4O3/c1-26(2,12-30-25(34)22-10-17-19(28)8-15(27)9-21(17)35-22)24-16-5-6-32(13-33)23(16)18-7-14(11-29)3-4-20(18)31-24/h3-4,7-10,13,16,23-24,31H,5-6,12H2,1-2H3,(H,30,34)/t16-,23+,24+/m1/s1. The SMILES string of the molecule is CC(C)(CNC(=O)c1cc2c(F)cc(F)cc2o1)[C@H]1Nc2ccc(C#N)cc2[C@@H]2[C@H]1CCN2C=O. The van der Waals surface area contributed by atoms with E-state index in [9.17, 15) is 23.6 Å². The number of likely N-dealkylation sites (tertiary alicyclic amines) is 1. The molecule has 0 radical (unpaired) electrons. The number of hydrogen-bond donors (Lipinski definition) is 2. The molecule has 2 N–H and O–H groups in total. The maximum absolute atomic E-state index is 14.0. The maximum Gasteiger partial charge on any atom is 0.287 e. The molecule has 7 nitrogen and oxygen atoms in total. The zero-order chi connectivity index (χ0) is 24.9. The second-order valence-electron chi connectivity index (χ2n) is 9.86. The van der Waals surface area contributed by atoms with Gasteiger partial charge in [0.15, 0.2) is 5.76 Å². The highest BCUT2D eigenvalue weighted by Gasteiger charge is 2.48. The van der Waals surface area contributed by atoms with E-state index < -0.39 is 23.0 Å². The number of nitrogens with zero attached hydrogens (tertiary/aromatic N) is 2. The molecule has 0 unspecified atom stereocenters. The van der Waals surface area contributed by atoms with Gasteiger partial charge in [-0.15, -0.1) is 0 Å². The van der Waals surface area contributed by atoms with Crippen molar-refractivity contribution in [1.29, 1.82) is 5.26 Å². The second-order valence-corrected chi connectivity index (χ2v) is 9.86. The average molecular weight is 478 g/mol. The van der Waals surface area contributed by atoms with E-state index in [-0.39, 0.29) is 41.3 Å². The van der Waals surface area contributed by atoms with Crippen LogP contribution in [0.5, 0.6) is 0 Å². The predicted octanol–water partition coefficient (Wildman–Crippen LogP) is 4.35. The quantitative estimate of drug-likeness (QED) is 0.532. The van der Waals surface area contributed by atoms with Crippen LogP contribution in [0.1, 0.15) is 48.0 Å². The Hall–Kier alpha value is -3.93. The van der Waals surface area contributed by atoms with E-state index in [1.54, 1.807) is 11.0 Å². The van der Waals surface area contributed by atoms with Gasteiger partial charge in [-0.2, -0.15) is 5.26 Å². The van der Waals surface area contributed by atoms with Crippen LogP contribution in [0.3, 0.4) is 0 Å². The van der Waals surface area contributed by atoms with Crippen molar-refractivity contribution >= 4 is 29.0 Å². The van der Waals surface area contributed by atoms with Crippen LogP contribution in [0.15, 0.2) is 40.8 Å². The molecule has 0 saturated carbocycles. The fourth-order valence-corrected chi connectivity index (χ4v) is 5.46. The Kier molecular flexibility index (Phi) is 5.47. The molecule has 2 amide bonds. The lowest BCUT2D eigenvalue weighted by molar-refractivity contribution is -0.119. The summed E-state index contributed by atoms with van der Waals surface area (Å²) >= 11 is 0. The number of anilines is 1. The highest BCUT2D eigenvalue weighted by atomic mass is 19.1. The Balaban J connectivity index is 1.38. The lowest BCUT2D eigenvalue weighted by Crippen LogP contribution is -2.52. The molecule has 0 aliphatic carbocycles. The van der Waals surface area contributed by atoms with Crippen LogP contribution in [-0.2, 0) is 4.79 Å². The summed E-state index contributed by atoms with van der Waals surface area (Å²) in [7, 11) is 0. The number of nitriles is 1. The summed E-state index contributed by atoms with van der Waals surface area (Å²) in [6.45, 7) is 4.92. The van der Waals surface area contributed by atoms with Gasteiger partial charge in [-0.25, -0.2) is 8.78 Å². The maximum atomic E-state index is 14.0. The molecule has 0 bridgehead atoms. The largest absolute Gasteiger partial charge is 0.451 e. The topological polar surface area (TPSA) is 98.4 Å². The van der Waals surface area contributed by atoms with Gasteiger partial charge in [0.2, 0.25) is 6.41 Å². The number of hydrogen-bond acceptors (Lipinski definition) is 5. The van der Waals surface area contributed by atoms with Crippen molar-refractivity contribution in [1.82, 2.24) is 10.2 Å². The van der Waals surface area contributed by atoms with E-state index in [0.717, 1.165) is 36.2 Å². The van der Waals surface area contributed by atoms with Crippen LogP contribution in [-0.4, -0.2) is 36.3 Å². The molecule has 3 heterocycles. The van der Waals surface area contributed by atoms with Gasteiger partial charge < -0.3 is 20.0 Å². The number of rotatable bonds is 5. The highest BCUT2D eigenvalue weighted by molar-refractivity contribution is 5.96. The number of benzene rings is 2. The Morgan fingerprint density at radius 3 is 2.86 bits per heavy atom. The molecule has 1 aromatic heterocycles. The van der Waals surface area contributed by atoms with E-state index in [2.05, 4.69) is 16.7 Å².